The zero-order valence-corrected chi connectivity index (χ0v) is 9.72. The Kier molecular flexibility index (Phi) is 5.93. The molecule has 1 rings (SSSR count). The smallest absolute Gasteiger partial charge is 0.329 e. The molecule has 0 saturated heterocycles. The molecule has 2 atom stereocenters. The Balaban J connectivity index is 2.08. The normalized spacial score (nSPS) is 24.3. The van der Waals surface area contributed by atoms with Gasteiger partial charge in [0.25, 0.3) is 0 Å². The molecule has 0 aromatic heterocycles. The number of amides is 1. The molecule has 0 radical (unpaired) electrons. The van der Waals surface area contributed by atoms with E-state index in [-0.39, 0.29) is 18.6 Å². The van der Waals surface area contributed by atoms with Crippen LogP contribution in [-0.2, 0) is 14.3 Å². The van der Waals surface area contributed by atoms with Gasteiger partial charge in [-0.25, -0.2) is 4.79 Å². The predicted octanol–water partition coefficient (Wildman–Crippen LogP) is -0.245. The lowest BCUT2D eigenvalue weighted by atomic mass is 9.87. The third-order valence-corrected chi connectivity index (χ3v) is 2.80. The van der Waals surface area contributed by atoms with Crippen molar-refractivity contribution in [3.63, 3.8) is 0 Å². The van der Waals surface area contributed by atoms with E-state index in [1.54, 1.807) is 0 Å². The van der Waals surface area contributed by atoms with Gasteiger partial charge in [0.05, 0.1) is 6.10 Å². The van der Waals surface area contributed by atoms with Crippen LogP contribution in [0.2, 0.25) is 0 Å². The van der Waals surface area contributed by atoms with Crippen molar-refractivity contribution in [2.24, 2.45) is 5.92 Å². The number of carboxylic acids is 1. The van der Waals surface area contributed by atoms with Crippen LogP contribution in [0.4, 0.5) is 0 Å². The molecule has 98 valence electrons. The Morgan fingerprint density at radius 2 is 2.06 bits per heavy atom. The summed E-state index contributed by atoms with van der Waals surface area (Å²) in [4.78, 5) is 21.4. The predicted molar refractivity (Wildman–Crippen MR) is 59.4 cm³/mol. The summed E-state index contributed by atoms with van der Waals surface area (Å²) >= 11 is 0. The van der Waals surface area contributed by atoms with Gasteiger partial charge in [0.15, 0.2) is 0 Å². The second-order valence-electron chi connectivity index (χ2n) is 4.38. The number of hydrogen-bond acceptors (Lipinski definition) is 4. The number of carbonyl (C=O) groups is 2. The van der Waals surface area contributed by atoms with E-state index in [1.165, 1.54) is 0 Å². The van der Waals surface area contributed by atoms with Gasteiger partial charge in [-0.05, 0) is 25.2 Å². The molecule has 0 spiro atoms. The quantitative estimate of drug-likeness (QED) is 0.600. The zero-order chi connectivity index (χ0) is 12.7. The van der Waals surface area contributed by atoms with Crippen molar-refractivity contribution in [2.45, 2.75) is 31.8 Å². The highest BCUT2D eigenvalue weighted by Gasteiger charge is 2.20. The first kappa shape index (κ1) is 13.9. The maximum atomic E-state index is 11.3. The molecule has 0 heterocycles. The molecule has 1 aliphatic rings. The van der Waals surface area contributed by atoms with Gasteiger partial charge < -0.3 is 20.3 Å². The molecule has 2 unspecified atom stereocenters. The molecule has 17 heavy (non-hydrogen) atoms. The summed E-state index contributed by atoms with van der Waals surface area (Å²) < 4.78 is 4.66. The van der Waals surface area contributed by atoms with Gasteiger partial charge in [0, 0.05) is 6.54 Å². The summed E-state index contributed by atoms with van der Waals surface area (Å²) in [5.41, 5.74) is 0. The van der Waals surface area contributed by atoms with E-state index in [9.17, 15) is 14.7 Å². The van der Waals surface area contributed by atoms with Crippen molar-refractivity contribution in [3.05, 3.63) is 0 Å². The van der Waals surface area contributed by atoms with Gasteiger partial charge in [0.1, 0.15) is 13.2 Å². The molecular weight excluding hydrogens is 226 g/mol. The van der Waals surface area contributed by atoms with E-state index in [2.05, 4.69) is 10.1 Å². The summed E-state index contributed by atoms with van der Waals surface area (Å²) in [6, 6.07) is 0. The van der Waals surface area contributed by atoms with Gasteiger partial charge in [-0.3, -0.25) is 4.79 Å². The van der Waals surface area contributed by atoms with E-state index in [4.69, 9.17) is 5.11 Å². The lowest BCUT2D eigenvalue weighted by molar-refractivity contribution is -0.143. The molecule has 1 saturated carbocycles. The second-order valence-corrected chi connectivity index (χ2v) is 4.38. The molecule has 1 amide bonds. The number of aliphatic hydroxyl groups is 1. The molecule has 6 nitrogen and oxygen atoms in total. The third kappa shape index (κ3) is 6.23. The van der Waals surface area contributed by atoms with Crippen LogP contribution in [0.25, 0.3) is 0 Å². The number of nitrogens with one attached hydrogen (secondary N) is 1. The number of rotatable bonds is 6. The third-order valence-electron chi connectivity index (χ3n) is 2.80. The van der Waals surface area contributed by atoms with Crippen LogP contribution in [0.5, 0.6) is 0 Å². The SMILES string of the molecule is O=C(O)COCC(=O)NCC1CCCC(O)C1. The summed E-state index contributed by atoms with van der Waals surface area (Å²) in [7, 11) is 0. The van der Waals surface area contributed by atoms with Crippen molar-refractivity contribution in [3.8, 4) is 0 Å². The van der Waals surface area contributed by atoms with Gasteiger partial charge in [-0.15, -0.1) is 0 Å². The first-order valence-corrected chi connectivity index (χ1v) is 5.82. The largest absolute Gasteiger partial charge is 0.480 e. The van der Waals surface area contributed by atoms with E-state index in [0.29, 0.717) is 12.5 Å². The fourth-order valence-electron chi connectivity index (χ4n) is 1.99. The van der Waals surface area contributed by atoms with Crippen molar-refractivity contribution in [1.82, 2.24) is 5.32 Å². The minimum Gasteiger partial charge on any atom is -0.480 e. The Bertz CT molecular complexity index is 269. The first-order valence-electron chi connectivity index (χ1n) is 5.82. The Labute approximate surface area is 100.0 Å². The maximum Gasteiger partial charge on any atom is 0.329 e. The van der Waals surface area contributed by atoms with Crippen LogP contribution < -0.4 is 5.32 Å². The Hall–Kier alpha value is -1.14. The zero-order valence-electron chi connectivity index (χ0n) is 9.72. The summed E-state index contributed by atoms with van der Waals surface area (Å²) in [5.74, 6) is -1.10. The average Bonchev–Trinajstić information content (AvgIpc) is 2.26. The van der Waals surface area contributed by atoms with Crippen LogP contribution in [0.1, 0.15) is 25.7 Å². The molecular formula is C11H19NO5. The van der Waals surface area contributed by atoms with Gasteiger partial charge in [0.2, 0.25) is 5.91 Å². The van der Waals surface area contributed by atoms with E-state index in [0.717, 1.165) is 25.7 Å². The van der Waals surface area contributed by atoms with Crippen LogP contribution in [0, 0.1) is 5.92 Å². The van der Waals surface area contributed by atoms with Crippen LogP contribution in [0.3, 0.4) is 0 Å². The average molecular weight is 245 g/mol. The number of aliphatic hydroxyl groups excluding tert-OH is 1. The highest BCUT2D eigenvalue weighted by molar-refractivity contribution is 5.77. The maximum absolute atomic E-state index is 11.3. The Morgan fingerprint density at radius 1 is 1.29 bits per heavy atom. The van der Waals surface area contributed by atoms with E-state index >= 15 is 0 Å². The molecule has 1 fully saturated rings. The standard InChI is InChI=1S/C11H19NO5/c13-9-3-1-2-8(4-9)5-12-10(14)6-17-7-11(15)16/h8-9,13H,1-7H2,(H,12,14)(H,15,16). The fourth-order valence-corrected chi connectivity index (χ4v) is 1.99. The van der Waals surface area contributed by atoms with Crippen molar-refractivity contribution in [2.75, 3.05) is 19.8 Å². The highest BCUT2D eigenvalue weighted by atomic mass is 16.5. The lowest BCUT2D eigenvalue weighted by Gasteiger charge is -2.25. The molecule has 6 heteroatoms. The molecule has 0 aromatic rings. The Morgan fingerprint density at radius 3 is 2.71 bits per heavy atom. The molecule has 1 aliphatic carbocycles. The summed E-state index contributed by atoms with van der Waals surface area (Å²) in [5, 5.41) is 20.4. The van der Waals surface area contributed by atoms with E-state index in [1.807, 2.05) is 0 Å². The van der Waals surface area contributed by atoms with Gasteiger partial charge >= 0.3 is 5.97 Å². The minimum absolute atomic E-state index is 0.235. The van der Waals surface area contributed by atoms with Crippen LogP contribution in [0.15, 0.2) is 0 Å². The van der Waals surface area contributed by atoms with Crippen molar-refractivity contribution in [1.29, 1.82) is 0 Å². The lowest BCUT2D eigenvalue weighted by Crippen LogP contribution is -2.35. The number of carbonyl (C=O) groups excluding carboxylic acids is 1. The molecule has 0 aliphatic heterocycles. The monoisotopic (exact) mass is 245 g/mol. The second kappa shape index (κ2) is 7.24. The van der Waals surface area contributed by atoms with Crippen molar-refractivity contribution >= 4 is 11.9 Å². The van der Waals surface area contributed by atoms with Gasteiger partial charge in [-0.2, -0.15) is 0 Å². The molecule has 0 aromatic carbocycles. The molecule has 3 N–H and O–H groups in total. The van der Waals surface area contributed by atoms with Crippen LogP contribution >= 0.6 is 0 Å². The number of carboxylic acid groups (broad SMARTS) is 1. The van der Waals surface area contributed by atoms with Gasteiger partial charge in [-0.1, -0.05) is 6.42 Å². The number of aliphatic carboxylic acids is 1. The summed E-state index contributed by atoms with van der Waals surface area (Å²) in [6.07, 6.45) is 3.29. The fraction of sp³-hybridized carbons (Fsp3) is 0.818. The summed E-state index contributed by atoms with van der Waals surface area (Å²) in [6.45, 7) is -0.177. The molecule has 0 bridgehead atoms. The van der Waals surface area contributed by atoms with E-state index < -0.39 is 12.6 Å². The van der Waals surface area contributed by atoms with Crippen LogP contribution in [-0.4, -0.2) is 48.0 Å². The highest BCUT2D eigenvalue weighted by Crippen LogP contribution is 2.23. The topological polar surface area (TPSA) is 95.9 Å². The number of hydrogen-bond donors (Lipinski definition) is 3. The first-order chi connectivity index (χ1) is 8.08. The number of ether oxygens (including phenoxy) is 1. The minimum atomic E-state index is -1.09. The van der Waals surface area contributed by atoms with Crippen molar-refractivity contribution < 1.29 is 24.5 Å².